The number of nitrogens with one attached hydrogen (secondary N) is 2. The molecule has 2 amide bonds. The minimum absolute atomic E-state index is 0.139. The maximum Gasteiger partial charge on any atom is 0.287 e. The third-order valence-corrected chi connectivity index (χ3v) is 4.01. The van der Waals surface area contributed by atoms with Crippen LogP contribution in [0.15, 0.2) is 70.0 Å². The van der Waals surface area contributed by atoms with E-state index in [0.29, 0.717) is 17.9 Å². The second kappa shape index (κ2) is 8.18. The van der Waals surface area contributed by atoms with E-state index in [1.54, 1.807) is 61.8 Å². The third kappa shape index (κ3) is 4.52. The van der Waals surface area contributed by atoms with Gasteiger partial charge in [-0.15, -0.1) is 0 Å². The van der Waals surface area contributed by atoms with E-state index in [-0.39, 0.29) is 29.7 Å². The average Bonchev–Trinajstić information content (AvgIpc) is 3.16. The first-order valence-electron chi connectivity index (χ1n) is 8.40. The van der Waals surface area contributed by atoms with Crippen molar-refractivity contribution < 1.29 is 14.0 Å². The maximum absolute atomic E-state index is 12.2. The lowest BCUT2D eigenvalue weighted by atomic mass is 10.1. The third-order valence-electron chi connectivity index (χ3n) is 4.01. The summed E-state index contributed by atoms with van der Waals surface area (Å²) < 4.78 is 7.03. The Morgan fingerprint density at radius 2 is 1.78 bits per heavy atom. The number of carbonyl (C=O) groups excluding carboxylic acids is 2. The zero-order chi connectivity index (χ0) is 19.2. The molecule has 0 unspecified atom stereocenters. The molecule has 2 aromatic heterocycles. The Hall–Kier alpha value is -3.61. The van der Waals surface area contributed by atoms with E-state index in [4.69, 9.17) is 4.42 Å². The number of carbonyl (C=O) groups is 2. The minimum Gasteiger partial charge on any atom is -0.454 e. The molecule has 138 valence electrons. The molecular formula is C20H19N3O4. The predicted molar refractivity (Wildman–Crippen MR) is 99.5 cm³/mol. The Morgan fingerprint density at radius 3 is 2.48 bits per heavy atom. The largest absolute Gasteiger partial charge is 0.454 e. The molecular weight excluding hydrogens is 346 g/mol. The Kier molecular flexibility index (Phi) is 5.51. The Bertz CT molecular complexity index is 1000. The van der Waals surface area contributed by atoms with Gasteiger partial charge >= 0.3 is 0 Å². The first-order valence-corrected chi connectivity index (χ1v) is 8.40. The van der Waals surface area contributed by atoms with Gasteiger partial charge in [0.25, 0.3) is 17.4 Å². The number of furan rings is 1. The van der Waals surface area contributed by atoms with Gasteiger partial charge in [-0.1, -0.05) is 18.2 Å². The molecule has 0 aliphatic heterocycles. The fraction of sp³-hybridized carbons (Fsp3) is 0.150. The highest BCUT2D eigenvalue weighted by atomic mass is 16.4. The van der Waals surface area contributed by atoms with Crippen LogP contribution in [0.25, 0.3) is 0 Å². The lowest BCUT2D eigenvalue weighted by Gasteiger charge is -2.05. The molecule has 0 saturated carbocycles. The number of aromatic nitrogens is 1. The van der Waals surface area contributed by atoms with E-state index < -0.39 is 0 Å². The van der Waals surface area contributed by atoms with Crippen molar-refractivity contribution in [3.63, 3.8) is 0 Å². The number of nitrogens with zero attached hydrogens (tertiary/aromatic N) is 1. The molecule has 3 aromatic rings. The number of pyridine rings is 1. The molecule has 0 bridgehead atoms. The van der Waals surface area contributed by atoms with Crippen molar-refractivity contribution in [2.24, 2.45) is 0 Å². The SMILES string of the molecule is CNC(=O)c1ccc(CNC(=O)c2ccc(Cn3ccccc3=O)o2)cc1. The van der Waals surface area contributed by atoms with Gasteiger partial charge in [-0.05, 0) is 35.9 Å². The molecule has 7 nitrogen and oxygen atoms in total. The van der Waals surface area contributed by atoms with Crippen LogP contribution in [0, 0.1) is 0 Å². The van der Waals surface area contributed by atoms with Crippen LogP contribution in [0.5, 0.6) is 0 Å². The smallest absolute Gasteiger partial charge is 0.287 e. The van der Waals surface area contributed by atoms with Crippen LogP contribution in [0.1, 0.15) is 32.2 Å². The maximum atomic E-state index is 12.2. The van der Waals surface area contributed by atoms with Crippen LogP contribution in [0.4, 0.5) is 0 Å². The first-order chi connectivity index (χ1) is 13.1. The van der Waals surface area contributed by atoms with Crippen LogP contribution in [-0.4, -0.2) is 23.4 Å². The Balaban J connectivity index is 1.59. The molecule has 0 fully saturated rings. The molecule has 0 radical (unpaired) electrons. The van der Waals surface area contributed by atoms with E-state index in [1.165, 1.54) is 10.6 Å². The highest BCUT2D eigenvalue weighted by molar-refractivity contribution is 5.94. The predicted octanol–water partition coefficient (Wildman–Crippen LogP) is 1.78. The molecule has 27 heavy (non-hydrogen) atoms. The number of rotatable bonds is 6. The van der Waals surface area contributed by atoms with Crippen molar-refractivity contribution in [3.05, 3.63) is 93.8 Å². The standard InChI is InChI=1S/C20H19N3O4/c1-21-19(25)15-7-5-14(6-8-15)12-22-20(26)17-10-9-16(27-17)13-23-11-3-2-4-18(23)24/h2-11H,12-13H2,1H3,(H,21,25)(H,22,26). The van der Waals surface area contributed by atoms with Crippen LogP contribution in [0.3, 0.4) is 0 Å². The van der Waals surface area contributed by atoms with Crippen molar-refractivity contribution >= 4 is 11.8 Å². The van der Waals surface area contributed by atoms with Gasteiger partial charge in [0.2, 0.25) is 0 Å². The molecule has 0 saturated heterocycles. The lowest BCUT2D eigenvalue weighted by molar-refractivity contribution is 0.0919. The molecule has 0 aliphatic carbocycles. The summed E-state index contributed by atoms with van der Waals surface area (Å²) in [6.07, 6.45) is 1.66. The zero-order valence-corrected chi connectivity index (χ0v) is 14.8. The minimum atomic E-state index is -0.350. The van der Waals surface area contributed by atoms with Gasteiger partial charge in [-0.2, -0.15) is 0 Å². The summed E-state index contributed by atoms with van der Waals surface area (Å²) in [5.74, 6) is 0.183. The van der Waals surface area contributed by atoms with Gasteiger partial charge in [0.1, 0.15) is 5.76 Å². The molecule has 7 heteroatoms. The first kappa shape index (κ1) is 18.2. The monoisotopic (exact) mass is 365 g/mol. The molecule has 2 heterocycles. The van der Waals surface area contributed by atoms with Gasteiger partial charge in [-0.3, -0.25) is 14.4 Å². The summed E-state index contributed by atoms with van der Waals surface area (Å²) in [5, 5.41) is 5.32. The summed E-state index contributed by atoms with van der Waals surface area (Å²) in [7, 11) is 1.57. The molecule has 1 aromatic carbocycles. The van der Waals surface area contributed by atoms with Crippen molar-refractivity contribution in [2.45, 2.75) is 13.1 Å². The fourth-order valence-corrected chi connectivity index (χ4v) is 2.53. The van der Waals surface area contributed by atoms with E-state index >= 15 is 0 Å². The second-order valence-electron chi connectivity index (χ2n) is 5.89. The number of hydrogen-bond acceptors (Lipinski definition) is 4. The highest BCUT2D eigenvalue weighted by Crippen LogP contribution is 2.10. The molecule has 3 rings (SSSR count). The number of benzene rings is 1. The summed E-state index contributed by atoms with van der Waals surface area (Å²) >= 11 is 0. The normalized spacial score (nSPS) is 10.4. The van der Waals surface area contributed by atoms with Crippen molar-refractivity contribution in [1.82, 2.24) is 15.2 Å². The van der Waals surface area contributed by atoms with E-state index in [0.717, 1.165) is 5.56 Å². The number of hydrogen-bond donors (Lipinski definition) is 2. The molecule has 0 spiro atoms. The highest BCUT2D eigenvalue weighted by Gasteiger charge is 2.12. The van der Waals surface area contributed by atoms with E-state index in [2.05, 4.69) is 10.6 Å². The summed E-state index contributed by atoms with van der Waals surface area (Å²) in [4.78, 5) is 35.5. The van der Waals surface area contributed by atoms with Crippen LogP contribution < -0.4 is 16.2 Å². The summed E-state index contributed by atoms with van der Waals surface area (Å²) in [5.41, 5.74) is 1.28. The van der Waals surface area contributed by atoms with Crippen molar-refractivity contribution in [1.29, 1.82) is 0 Å². The van der Waals surface area contributed by atoms with Crippen molar-refractivity contribution in [3.8, 4) is 0 Å². The van der Waals surface area contributed by atoms with Crippen LogP contribution in [-0.2, 0) is 13.1 Å². The Morgan fingerprint density at radius 1 is 1.00 bits per heavy atom. The molecule has 0 atom stereocenters. The van der Waals surface area contributed by atoms with Gasteiger partial charge < -0.3 is 19.6 Å². The van der Waals surface area contributed by atoms with Crippen LogP contribution in [0.2, 0.25) is 0 Å². The van der Waals surface area contributed by atoms with Gasteiger partial charge in [0.15, 0.2) is 5.76 Å². The second-order valence-corrected chi connectivity index (χ2v) is 5.89. The van der Waals surface area contributed by atoms with Gasteiger partial charge in [-0.25, -0.2) is 0 Å². The Labute approximate surface area is 155 Å². The lowest BCUT2D eigenvalue weighted by Crippen LogP contribution is -2.22. The van der Waals surface area contributed by atoms with Crippen molar-refractivity contribution in [2.75, 3.05) is 7.05 Å². The van der Waals surface area contributed by atoms with Gasteiger partial charge in [0, 0.05) is 31.4 Å². The summed E-state index contributed by atoms with van der Waals surface area (Å²) in [6.45, 7) is 0.564. The van der Waals surface area contributed by atoms with E-state index in [1.807, 2.05) is 0 Å². The molecule has 2 N–H and O–H groups in total. The van der Waals surface area contributed by atoms with E-state index in [9.17, 15) is 14.4 Å². The topological polar surface area (TPSA) is 93.3 Å². The van der Waals surface area contributed by atoms with Crippen LogP contribution >= 0.6 is 0 Å². The average molecular weight is 365 g/mol. The quantitative estimate of drug-likeness (QED) is 0.696. The zero-order valence-electron chi connectivity index (χ0n) is 14.8. The molecule has 0 aliphatic rings. The number of amides is 2. The fourth-order valence-electron chi connectivity index (χ4n) is 2.53. The summed E-state index contributed by atoms with van der Waals surface area (Å²) in [6, 6.07) is 15.1. The van der Waals surface area contributed by atoms with Gasteiger partial charge in [0.05, 0.1) is 6.54 Å².